The Morgan fingerprint density at radius 1 is 0.962 bits per heavy atom. The summed E-state index contributed by atoms with van der Waals surface area (Å²) < 4.78 is 0. The smallest absolute Gasteiger partial charge is 0.262 e. The summed E-state index contributed by atoms with van der Waals surface area (Å²) in [5.74, 6) is -1.02. The Kier molecular flexibility index (Phi) is 5.16. The van der Waals surface area contributed by atoms with Gasteiger partial charge in [-0.3, -0.25) is 19.3 Å². The number of imide groups is 1. The number of nitrogens with zero attached hydrogens (tertiary/aromatic N) is 2. The molecule has 0 aliphatic carbocycles. The second-order valence-corrected chi connectivity index (χ2v) is 6.54. The van der Waals surface area contributed by atoms with Crippen molar-refractivity contribution in [3.8, 4) is 0 Å². The molecule has 2 aromatic carbocycles. The van der Waals surface area contributed by atoms with E-state index in [0.29, 0.717) is 24.2 Å². The van der Waals surface area contributed by atoms with Crippen LogP contribution in [0.15, 0.2) is 48.5 Å². The third kappa shape index (κ3) is 3.52. The summed E-state index contributed by atoms with van der Waals surface area (Å²) in [7, 11) is 0. The van der Waals surface area contributed by atoms with Crippen molar-refractivity contribution in [1.82, 2.24) is 9.80 Å². The van der Waals surface area contributed by atoms with Gasteiger partial charge < -0.3 is 4.90 Å². The van der Waals surface area contributed by atoms with Crippen molar-refractivity contribution in [2.45, 2.75) is 26.8 Å². The second-order valence-electron chi connectivity index (χ2n) is 6.54. The van der Waals surface area contributed by atoms with Crippen LogP contribution in [0.25, 0.3) is 0 Å². The highest BCUT2D eigenvalue weighted by atomic mass is 16.2. The molecule has 0 unspecified atom stereocenters. The normalized spacial score (nSPS) is 13.1. The van der Waals surface area contributed by atoms with Gasteiger partial charge in [0.05, 0.1) is 11.1 Å². The lowest BCUT2D eigenvalue weighted by Crippen LogP contribution is -2.42. The molecule has 26 heavy (non-hydrogen) atoms. The van der Waals surface area contributed by atoms with Gasteiger partial charge in [0.25, 0.3) is 11.8 Å². The van der Waals surface area contributed by atoms with Gasteiger partial charge in [0.2, 0.25) is 5.91 Å². The van der Waals surface area contributed by atoms with Crippen LogP contribution in [0, 0.1) is 6.92 Å². The Morgan fingerprint density at radius 3 is 2.08 bits per heavy atom. The van der Waals surface area contributed by atoms with Crippen LogP contribution >= 0.6 is 0 Å². The van der Waals surface area contributed by atoms with Gasteiger partial charge in [-0.25, -0.2) is 0 Å². The highest BCUT2D eigenvalue weighted by Gasteiger charge is 2.36. The zero-order valence-corrected chi connectivity index (χ0v) is 15.1. The van der Waals surface area contributed by atoms with Gasteiger partial charge in [-0.2, -0.15) is 0 Å². The Hall–Kier alpha value is -2.95. The summed E-state index contributed by atoms with van der Waals surface area (Å²) in [5.41, 5.74) is 2.92. The van der Waals surface area contributed by atoms with Crippen molar-refractivity contribution in [1.29, 1.82) is 0 Å². The fourth-order valence-corrected chi connectivity index (χ4v) is 3.09. The van der Waals surface area contributed by atoms with Crippen molar-refractivity contribution >= 4 is 17.7 Å². The molecular weight excluding hydrogens is 328 g/mol. The standard InChI is InChI=1S/C21H22N2O3/c1-3-12-22(13-16-10-8-15(2)9-11-16)19(24)14-23-20(25)17-6-4-5-7-18(17)21(23)26/h4-11H,3,12-14H2,1-2H3. The van der Waals surface area contributed by atoms with E-state index in [-0.39, 0.29) is 12.5 Å². The SMILES string of the molecule is CCCN(Cc1ccc(C)cc1)C(=O)CN1C(=O)c2ccccc2C1=O. The molecule has 0 atom stereocenters. The quantitative estimate of drug-likeness (QED) is 0.753. The number of carbonyl (C=O) groups excluding carboxylic acids is 3. The molecule has 0 bridgehead atoms. The van der Waals surface area contributed by atoms with Gasteiger partial charge in [-0.1, -0.05) is 48.9 Å². The molecule has 1 aliphatic rings. The fraction of sp³-hybridized carbons (Fsp3) is 0.286. The maximum Gasteiger partial charge on any atom is 0.262 e. The molecule has 0 spiro atoms. The van der Waals surface area contributed by atoms with Gasteiger partial charge in [0, 0.05) is 13.1 Å². The average molecular weight is 350 g/mol. The summed E-state index contributed by atoms with van der Waals surface area (Å²) in [6.07, 6.45) is 0.805. The predicted molar refractivity (Wildman–Crippen MR) is 98.7 cm³/mol. The molecule has 0 fully saturated rings. The van der Waals surface area contributed by atoms with E-state index in [9.17, 15) is 14.4 Å². The van der Waals surface area contributed by atoms with E-state index >= 15 is 0 Å². The molecule has 1 heterocycles. The molecule has 0 saturated heterocycles. The number of amides is 3. The van der Waals surface area contributed by atoms with Gasteiger partial charge >= 0.3 is 0 Å². The molecule has 5 heteroatoms. The minimum atomic E-state index is -0.397. The van der Waals surface area contributed by atoms with Crippen molar-refractivity contribution in [3.63, 3.8) is 0 Å². The van der Waals surface area contributed by atoms with Crippen LogP contribution in [0.1, 0.15) is 45.2 Å². The van der Waals surface area contributed by atoms with E-state index in [1.165, 1.54) is 0 Å². The molecule has 3 rings (SSSR count). The number of benzene rings is 2. The number of aryl methyl sites for hydroxylation is 1. The lowest BCUT2D eigenvalue weighted by molar-refractivity contribution is -0.132. The van der Waals surface area contributed by atoms with E-state index < -0.39 is 11.8 Å². The summed E-state index contributed by atoms with van der Waals surface area (Å²) in [5, 5.41) is 0. The first kappa shape index (κ1) is 17.9. The first-order chi connectivity index (χ1) is 12.5. The number of hydrogen-bond donors (Lipinski definition) is 0. The van der Waals surface area contributed by atoms with E-state index in [1.54, 1.807) is 29.2 Å². The van der Waals surface area contributed by atoms with Crippen LogP contribution in [0.2, 0.25) is 0 Å². The molecular formula is C21H22N2O3. The highest BCUT2D eigenvalue weighted by molar-refractivity contribution is 6.22. The largest absolute Gasteiger partial charge is 0.337 e. The molecule has 2 aromatic rings. The predicted octanol–water partition coefficient (Wildman–Crippen LogP) is 3.03. The Balaban J connectivity index is 1.73. The molecule has 0 aromatic heterocycles. The van der Waals surface area contributed by atoms with Crippen LogP contribution in [0.3, 0.4) is 0 Å². The van der Waals surface area contributed by atoms with Crippen molar-refractivity contribution in [2.24, 2.45) is 0 Å². The summed E-state index contributed by atoms with van der Waals surface area (Å²) in [6.45, 7) is 4.84. The molecule has 3 amide bonds. The third-order valence-corrected chi connectivity index (χ3v) is 4.51. The summed E-state index contributed by atoms with van der Waals surface area (Å²) >= 11 is 0. The number of rotatable bonds is 6. The number of fused-ring (bicyclic) bond motifs is 1. The van der Waals surface area contributed by atoms with Crippen LogP contribution in [0.5, 0.6) is 0 Å². The van der Waals surface area contributed by atoms with E-state index in [4.69, 9.17) is 0 Å². The molecule has 0 saturated carbocycles. The maximum absolute atomic E-state index is 12.8. The maximum atomic E-state index is 12.8. The van der Waals surface area contributed by atoms with Crippen molar-refractivity contribution in [2.75, 3.05) is 13.1 Å². The Labute approximate surface area is 153 Å². The van der Waals surface area contributed by atoms with Crippen molar-refractivity contribution in [3.05, 3.63) is 70.8 Å². The number of hydrogen-bond acceptors (Lipinski definition) is 3. The van der Waals surface area contributed by atoms with E-state index in [0.717, 1.165) is 22.4 Å². The minimum Gasteiger partial charge on any atom is -0.337 e. The molecule has 0 N–H and O–H groups in total. The van der Waals surface area contributed by atoms with Crippen LogP contribution < -0.4 is 0 Å². The van der Waals surface area contributed by atoms with Gasteiger partial charge in [0.1, 0.15) is 6.54 Å². The van der Waals surface area contributed by atoms with Gasteiger partial charge in [-0.05, 0) is 31.0 Å². The van der Waals surface area contributed by atoms with E-state index in [1.807, 2.05) is 38.1 Å². The average Bonchev–Trinajstić information content (AvgIpc) is 2.88. The van der Waals surface area contributed by atoms with Crippen molar-refractivity contribution < 1.29 is 14.4 Å². The molecule has 0 radical (unpaired) electrons. The van der Waals surface area contributed by atoms with Crippen LogP contribution in [0.4, 0.5) is 0 Å². The molecule has 1 aliphatic heterocycles. The third-order valence-electron chi connectivity index (χ3n) is 4.51. The first-order valence-electron chi connectivity index (χ1n) is 8.79. The summed E-state index contributed by atoms with van der Waals surface area (Å²) in [6, 6.07) is 14.7. The monoisotopic (exact) mass is 350 g/mol. The topological polar surface area (TPSA) is 57.7 Å². The molecule has 5 nitrogen and oxygen atoms in total. The fourth-order valence-electron chi connectivity index (χ4n) is 3.09. The number of carbonyl (C=O) groups is 3. The summed E-state index contributed by atoms with van der Waals surface area (Å²) in [4.78, 5) is 40.4. The zero-order valence-electron chi connectivity index (χ0n) is 15.1. The van der Waals surface area contributed by atoms with Gasteiger partial charge in [-0.15, -0.1) is 0 Å². The highest BCUT2D eigenvalue weighted by Crippen LogP contribution is 2.22. The van der Waals surface area contributed by atoms with Crippen LogP contribution in [-0.2, 0) is 11.3 Å². The lowest BCUT2D eigenvalue weighted by atomic mass is 10.1. The molecule has 134 valence electrons. The van der Waals surface area contributed by atoms with Gasteiger partial charge in [0.15, 0.2) is 0 Å². The zero-order chi connectivity index (χ0) is 18.7. The van der Waals surface area contributed by atoms with E-state index in [2.05, 4.69) is 0 Å². The lowest BCUT2D eigenvalue weighted by Gasteiger charge is -2.24. The minimum absolute atomic E-state index is 0.220. The first-order valence-corrected chi connectivity index (χ1v) is 8.79. The second kappa shape index (κ2) is 7.52. The Morgan fingerprint density at radius 2 is 1.54 bits per heavy atom. The van der Waals surface area contributed by atoms with Crippen LogP contribution in [-0.4, -0.2) is 40.6 Å². The Bertz CT molecular complexity index is 808.